The number of urea groups is 1. The summed E-state index contributed by atoms with van der Waals surface area (Å²) in [6.07, 6.45) is 0.658. The van der Waals surface area contributed by atoms with Gasteiger partial charge in [-0.2, -0.15) is 0 Å². The minimum absolute atomic E-state index is 0.236. The fourth-order valence-electron chi connectivity index (χ4n) is 1.48. The first kappa shape index (κ1) is 12.4. The molecule has 1 aromatic heterocycles. The molecule has 0 fully saturated rings. The Balaban J connectivity index is 2.01. The lowest BCUT2D eigenvalue weighted by Gasteiger charge is -1.98. The van der Waals surface area contributed by atoms with Gasteiger partial charge in [-0.1, -0.05) is 0 Å². The molecule has 6 heteroatoms. The Morgan fingerprint density at radius 1 is 1.39 bits per heavy atom. The Morgan fingerprint density at radius 3 is 2.78 bits per heavy atom. The van der Waals surface area contributed by atoms with Crippen molar-refractivity contribution in [3.63, 3.8) is 0 Å². The molecule has 1 heterocycles. The highest BCUT2D eigenvalue weighted by molar-refractivity contribution is 7.09. The van der Waals surface area contributed by atoms with E-state index in [0.717, 1.165) is 16.3 Å². The number of nitrogens with zero attached hydrogens (tertiary/aromatic N) is 1. The third kappa shape index (κ3) is 3.21. The molecule has 0 aliphatic heterocycles. The number of phenols is 1. The third-order valence-electron chi connectivity index (χ3n) is 2.35. The zero-order valence-electron chi connectivity index (χ0n) is 9.59. The van der Waals surface area contributed by atoms with Gasteiger partial charge in [-0.3, -0.25) is 0 Å². The molecule has 0 spiro atoms. The Kier molecular flexibility index (Phi) is 3.78. The van der Waals surface area contributed by atoms with Crippen LogP contribution in [0.2, 0.25) is 0 Å². The molecule has 94 valence electrons. The Morgan fingerprint density at radius 2 is 2.11 bits per heavy atom. The maximum atomic E-state index is 10.5. The molecule has 0 aliphatic carbocycles. The predicted molar refractivity (Wildman–Crippen MR) is 70.5 cm³/mol. The van der Waals surface area contributed by atoms with Gasteiger partial charge in [-0.25, -0.2) is 9.78 Å². The zero-order chi connectivity index (χ0) is 13.0. The minimum Gasteiger partial charge on any atom is -0.508 e. The van der Waals surface area contributed by atoms with Crippen LogP contribution < -0.4 is 11.1 Å². The molecule has 0 saturated heterocycles. The molecule has 4 N–H and O–H groups in total. The number of carbonyl (C=O) groups excluding carboxylic acids is 1. The predicted octanol–water partition coefficient (Wildman–Crippen LogP) is 1.73. The maximum absolute atomic E-state index is 10.5. The van der Waals surface area contributed by atoms with Gasteiger partial charge in [-0.05, 0) is 24.3 Å². The van der Waals surface area contributed by atoms with Crippen LogP contribution in [0.5, 0.6) is 5.75 Å². The van der Waals surface area contributed by atoms with E-state index in [2.05, 4.69) is 10.3 Å². The fourth-order valence-corrected chi connectivity index (χ4v) is 2.29. The normalized spacial score (nSPS) is 10.2. The van der Waals surface area contributed by atoms with Crippen molar-refractivity contribution in [2.24, 2.45) is 5.73 Å². The van der Waals surface area contributed by atoms with Crippen molar-refractivity contribution in [2.45, 2.75) is 6.42 Å². The summed E-state index contributed by atoms with van der Waals surface area (Å²) in [6.45, 7) is 0.484. The van der Waals surface area contributed by atoms with Crippen LogP contribution in [0.3, 0.4) is 0 Å². The summed E-state index contributed by atoms with van der Waals surface area (Å²) in [5.74, 6) is 0.236. The van der Waals surface area contributed by atoms with Crippen molar-refractivity contribution < 1.29 is 9.90 Å². The molecule has 18 heavy (non-hydrogen) atoms. The Hall–Kier alpha value is -2.08. The van der Waals surface area contributed by atoms with Crippen LogP contribution in [-0.4, -0.2) is 22.7 Å². The lowest BCUT2D eigenvalue weighted by atomic mass is 10.2. The van der Waals surface area contributed by atoms with Crippen LogP contribution in [0.4, 0.5) is 4.79 Å². The molecule has 2 aromatic rings. The summed E-state index contributed by atoms with van der Waals surface area (Å²) < 4.78 is 0. The van der Waals surface area contributed by atoms with Crippen LogP contribution in [0.1, 0.15) is 5.01 Å². The van der Waals surface area contributed by atoms with Crippen molar-refractivity contribution >= 4 is 17.4 Å². The maximum Gasteiger partial charge on any atom is 0.312 e. The molecule has 0 radical (unpaired) electrons. The van der Waals surface area contributed by atoms with Crippen LogP contribution >= 0.6 is 11.3 Å². The van der Waals surface area contributed by atoms with E-state index in [1.807, 2.05) is 17.5 Å². The van der Waals surface area contributed by atoms with Crippen molar-refractivity contribution in [1.82, 2.24) is 10.3 Å². The fraction of sp³-hybridized carbons (Fsp3) is 0.167. The van der Waals surface area contributed by atoms with E-state index in [1.165, 1.54) is 11.3 Å². The van der Waals surface area contributed by atoms with E-state index in [-0.39, 0.29) is 5.75 Å². The molecule has 0 saturated carbocycles. The average Bonchev–Trinajstić information content (AvgIpc) is 2.78. The average molecular weight is 263 g/mol. The number of primary amides is 1. The first-order valence-electron chi connectivity index (χ1n) is 5.42. The van der Waals surface area contributed by atoms with Gasteiger partial charge >= 0.3 is 6.03 Å². The third-order valence-corrected chi connectivity index (χ3v) is 3.26. The molecule has 5 nitrogen and oxygen atoms in total. The van der Waals surface area contributed by atoms with Gasteiger partial charge in [-0.15, -0.1) is 11.3 Å². The van der Waals surface area contributed by atoms with Gasteiger partial charge in [0.1, 0.15) is 5.75 Å². The summed E-state index contributed by atoms with van der Waals surface area (Å²) in [4.78, 5) is 15.0. The van der Waals surface area contributed by atoms with E-state index in [4.69, 9.17) is 5.73 Å². The molecular weight excluding hydrogens is 250 g/mol. The summed E-state index contributed by atoms with van der Waals surface area (Å²) in [6, 6.07) is 6.36. The molecular formula is C12H13N3O2S. The zero-order valence-corrected chi connectivity index (χ0v) is 10.4. The van der Waals surface area contributed by atoms with Crippen molar-refractivity contribution in [2.75, 3.05) is 6.54 Å². The second-order valence-corrected chi connectivity index (χ2v) is 4.66. The number of nitrogens with one attached hydrogen (secondary N) is 1. The summed E-state index contributed by atoms with van der Waals surface area (Å²) in [5, 5.41) is 14.6. The van der Waals surface area contributed by atoms with E-state index in [1.54, 1.807) is 12.1 Å². The molecule has 1 aromatic carbocycles. The highest BCUT2D eigenvalue weighted by atomic mass is 32.1. The highest BCUT2D eigenvalue weighted by Gasteiger charge is 2.04. The number of thiazole rings is 1. The second-order valence-electron chi connectivity index (χ2n) is 3.71. The second kappa shape index (κ2) is 5.50. The number of nitrogens with two attached hydrogens (primary N) is 1. The smallest absolute Gasteiger partial charge is 0.312 e. The number of rotatable bonds is 4. The quantitative estimate of drug-likeness (QED) is 0.784. The SMILES string of the molecule is NC(=O)NCCc1nc(-c2ccc(O)cc2)cs1. The van der Waals surface area contributed by atoms with Crippen LogP contribution in [0.15, 0.2) is 29.6 Å². The first-order chi connectivity index (χ1) is 8.65. The van der Waals surface area contributed by atoms with E-state index >= 15 is 0 Å². The number of carbonyl (C=O) groups is 1. The van der Waals surface area contributed by atoms with E-state index in [9.17, 15) is 9.90 Å². The molecule has 2 rings (SSSR count). The number of hydrogen-bond donors (Lipinski definition) is 3. The van der Waals surface area contributed by atoms with Gasteiger partial charge in [0.25, 0.3) is 0 Å². The highest BCUT2D eigenvalue weighted by Crippen LogP contribution is 2.23. The van der Waals surface area contributed by atoms with Gasteiger partial charge < -0.3 is 16.2 Å². The van der Waals surface area contributed by atoms with Crippen LogP contribution in [0.25, 0.3) is 11.3 Å². The summed E-state index contributed by atoms with van der Waals surface area (Å²) >= 11 is 1.53. The van der Waals surface area contributed by atoms with Gasteiger partial charge in [0.2, 0.25) is 0 Å². The molecule has 0 unspecified atom stereocenters. The lowest BCUT2D eigenvalue weighted by molar-refractivity contribution is 0.249. The molecule has 0 atom stereocenters. The van der Waals surface area contributed by atoms with Gasteiger partial charge in [0.05, 0.1) is 10.7 Å². The van der Waals surface area contributed by atoms with Gasteiger partial charge in [0, 0.05) is 23.9 Å². The standard InChI is InChI=1S/C12H13N3O2S/c13-12(17)14-6-5-11-15-10(7-18-11)8-1-3-9(16)4-2-8/h1-4,7,16H,5-6H2,(H3,13,14,17). The van der Waals surface area contributed by atoms with Crippen molar-refractivity contribution in [3.8, 4) is 17.0 Å². The number of amides is 2. The molecule has 0 bridgehead atoms. The first-order valence-corrected chi connectivity index (χ1v) is 6.30. The van der Waals surface area contributed by atoms with E-state index in [0.29, 0.717) is 13.0 Å². The largest absolute Gasteiger partial charge is 0.508 e. The van der Waals surface area contributed by atoms with Gasteiger partial charge in [0.15, 0.2) is 0 Å². The number of aromatic nitrogens is 1. The summed E-state index contributed by atoms with van der Waals surface area (Å²) in [5.41, 5.74) is 6.80. The minimum atomic E-state index is -0.523. The number of benzene rings is 1. The van der Waals surface area contributed by atoms with Crippen LogP contribution in [0, 0.1) is 0 Å². The Labute approximate surface area is 108 Å². The number of hydrogen-bond acceptors (Lipinski definition) is 4. The van der Waals surface area contributed by atoms with Crippen molar-refractivity contribution in [3.05, 3.63) is 34.7 Å². The molecule has 0 aliphatic rings. The van der Waals surface area contributed by atoms with Crippen molar-refractivity contribution in [1.29, 1.82) is 0 Å². The monoisotopic (exact) mass is 263 g/mol. The topological polar surface area (TPSA) is 88.2 Å². The summed E-state index contributed by atoms with van der Waals surface area (Å²) in [7, 11) is 0. The lowest BCUT2D eigenvalue weighted by Crippen LogP contribution is -2.30. The molecule has 2 amide bonds. The van der Waals surface area contributed by atoms with Crippen LogP contribution in [-0.2, 0) is 6.42 Å². The number of phenolic OH excluding ortho intramolecular Hbond substituents is 1. The van der Waals surface area contributed by atoms with E-state index < -0.39 is 6.03 Å². The Bertz CT molecular complexity index is 537. The number of aromatic hydroxyl groups is 1.